The summed E-state index contributed by atoms with van der Waals surface area (Å²) in [5.74, 6) is 1.74. The molecule has 4 nitrogen and oxygen atoms in total. The Kier molecular flexibility index (Phi) is 7.40. The molecule has 4 aromatic carbocycles. The van der Waals surface area contributed by atoms with Gasteiger partial charge in [0, 0.05) is 26.9 Å². The topological polar surface area (TPSA) is 35.6 Å². The van der Waals surface area contributed by atoms with E-state index in [1.54, 1.807) is 0 Å². The molecule has 0 unspecified atom stereocenters. The lowest BCUT2D eigenvalue weighted by Crippen LogP contribution is -2.10. The maximum atomic E-state index is 5.32. The second kappa shape index (κ2) is 11.3. The van der Waals surface area contributed by atoms with Crippen LogP contribution in [0.3, 0.4) is 0 Å². The van der Waals surface area contributed by atoms with Crippen molar-refractivity contribution in [3.05, 3.63) is 119 Å². The van der Waals surface area contributed by atoms with Crippen molar-refractivity contribution >= 4 is 54.6 Å². The summed E-state index contributed by atoms with van der Waals surface area (Å²) in [5, 5.41) is 6.04. The Balaban J connectivity index is 1.36. The molecule has 0 aliphatic carbocycles. The third kappa shape index (κ3) is 5.59. The molecular weight excluding hydrogens is 633 g/mol. The molecule has 0 bridgehead atoms. The zero-order chi connectivity index (χ0) is 37.1. The van der Waals surface area contributed by atoms with Gasteiger partial charge < -0.3 is 0 Å². The van der Waals surface area contributed by atoms with Crippen LogP contribution in [-0.2, 0) is 21.7 Å². The van der Waals surface area contributed by atoms with Gasteiger partial charge >= 0.3 is 0 Å². The summed E-state index contributed by atoms with van der Waals surface area (Å²) in [5.41, 5.74) is 10.8. The molecule has 4 aromatic heterocycles. The molecule has 8 rings (SSSR count). The summed E-state index contributed by atoms with van der Waals surface area (Å²) < 4.78 is 4.64. The zero-order valence-corrected chi connectivity index (χ0v) is 33.0. The number of hydrogen-bond donors (Lipinski definition) is 0. The van der Waals surface area contributed by atoms with Crippen LogP contribution in [-0.4, -0.2) is 19.1 Å². The molecule has 4 heteroatoms. The first-order valence-corrected chi connectivity index (χ1v) is 18.8. The van der Waals surface area contributed by atoms with Crippen LogP contribution in [0.25, 0.3) is 66.3 Å². The highest BCUT2D eigenvalue weighted by Crippen LogP contribution is 2.39. The van der Waals surface area contributed by atoms with Crippen molar-refractivity contribution in [1.82, 2.24) is 19.1 Å². The van der Waals surface area contributed by atoms with Crippen LogP contribution in [0.5, 0.6) is 0 Å². The van der Waals surface area contributed by atoms with Crippen LogP contribution in [0.15, 0.2) is 97.1 Å². The van der Waals surface area contributed by atoms with Gasteiger partial charge in [-0.05, 0) is 117 Å². The molecule has 52 heavy (non-hydrogen) atoms. The Bertz CT molecular complexity index is 2380. The van der Waals surface area contributed by atoms with Crippen LogP contribution in [0, 0.1) is 0 Å². The van der Waals surface area contributed by atoms with E-state index in [0.29, 0.717) is 0 Å². The van der Waals surface area contributed by atoms with Crippen molar-refractivity contribution < 1.29 is 0 Å². The van der Waals surface area contributed by atoms with Gasteiger partial charge in [0.2, 0.25) is 0 Å². The number of nitrogens with zero attached hydrogens (tertiary/aromatic N) is 4. The molecule has 0 atom stereocenters. The van der Waals surface area contributed by atoms with E-state index in [-0.39, 0.29) is 21.7 Å². The minimum absolute atomic E-state index is 0.0429. The Morgan fingerprint density at radius 3 is 0.865 bits per heavy atom. The molecule has 0 saturated carbocycles. The predicted molar refractivity (Wildman–Crippen MR) is 223 cm³/mol. The summed E-state index contributed by atoms with van der Waals surface area (Å²) >= 11 is 0. The monoisotopic (exact) mass is 684 g/mol. The molecular formula is C48H52N4. The Hall–Kier alpha value is -4.96. The van der Waals surface area contributed by atoms with Gasteiger partial charge in [0.1, 0.15) is 11.6 Å². The van der Waals surface area contributed by atoms with Gasteiger partial charge in [0.25, 0.3) is 0 Å². The summed E-state index contributed by atoms with van der Waals surface area (Å²) in [6, 6.07) is 36.4. The number of fused-ring (bicyclic) bond motifs is 7. The molecule has 0 fully saturated rings. The average molecular weight is 685 g/mol. The van der Waals surface area contributed by atoms with Gasteiger partial charge in [-0.1, -0.05) is 107 Å². The second-order valence-electron chi connectivity index (χ2n) is 19.0. The third-order valence-electron chi connectivity index (χ3n) is 11.0. The molecule has 8 aromatic rings. The lowest BCUT2D eigenvalue weighted by atomic mass is 9.85. The number of hydrogen-bond acceptors (Lipinski definition) is 2. The lowest BCUT2D eigenvalue weighted by Gasteiger charge is -2.19. The highest BCUT2D eigenvalue weighted by atomic mass is 15.1. The molecule has 0 N–H and O–H groups in total. The van der Waals surface area contributed by atoms with E-state index in [1.807, 2.05) is 0 Å². The fraction of sp³-hybridized carbons (Fsp3) is 0.333. The SMILES string of the molecule is CC(C)(C)c1ccc2c(c1)c1cc(C(C)(C)C)ccc1n2-c1ccc2ccc(-n3c4ccc(C(C)(C)C)cc4c4cc(C(C)(C)C)ccc43)nc2n1. The highest BCUT2D eigenvalue weighted by molar-refractivity contribution is 6.11. The average Bonchev–Trinajstić information content (AvgIpc) is 3.57. The minimum atomic E-state index is 0.0429. The molecule has 0 spiro atoms. The van der Waals surface area contributed by atoms with E-state index >= 15 is 0 Å². The minimum Gasteiger partial charge on any atom is -0.294 e. The van der Waals surface area contributed by atoms with Crippen LogP contribution in [0.1, 0.15) is 105 Å². The Morgan fingerprint density at radius 2 is 0.615 bits per heavy atom. The Labute approximate surface area is 308 Å². The van der Waals surface area contributed by atoms with Crippen molar-refractivity contribution in [1.29, 1.82) is 0 Å². The highest BCUT2D eigenvalue weighted by Gasteiger charge is 2.23. The van der Waals surface area contributed by atoms with Crippen LogP contribution < -0.4 is 0 Å². The lowest BCUT2D eigenvalue weighted by molar-refractivity contribution is 0.590. The van der Waals surface area contributed by atoms with Crippen molar-refractivity contribution in [2.45, 2.75) is 105 Å². The molecule has 4 heterocycles. The van der Waals surface area contributed by atoms with Crippen molar-refractivity contribution in [2.75, 3.05) is 0 Å². The van der Waals surface area contributed by atoms with E-state index in [9.17, 15) is 0 Å². The normalized spacial score (nSPS) is 13.4. The van der Waals surface area contributed by atoms with Crippen molar-refractivity contribution in [3.63, 3.8) is 0 Å². The van der Waals surface area contributed by atoms with Gasteiger partial charge in [-0.3, -0.25) is 9.13 Å². The van der Waals surface area contributed by atoms with E-state index in [0.717, 1.165) is 44.7 Å². The zero-order valence-electron chi connectivity index (χ0n) is 33.0. The van der Waals surface area contributed by atoms with E-state index in [1.165, 1.54) is 43.8 Å². The van der Waals surface area contributed by atoms with Gasteiger partial charge in [0.15, 0.2) is 5.65 Å². The maximum Gasteiger partial charge on any atom is 0.163 e. The summed E-state index contributed by atoms with van der Waals surface area (Å²) in [4.78, 5) is 10.6. The third-order valence-corrected chi connectivity index (χ3v) is 11.0. The molecule has 0 saturated heterocycles. The second-order valence-corrected chi connectivity index (χ2v) is 19.0. The maximum absolute atomic E-state index is 5.32. The first-order chi connectivity index (χ1) is 24.3. The molecule has 0 aliphatic heterocycles. The van der Waals surface area contributed by atoms with E-state index in [4.69, 9.17) is 9.97 Å². The van der Waals surface area contributed by atoms with Crippen LogP contribution in [0.4, 0.5) is 0 Å². The molecule has 264 valence electrons. The summed E-state index contributed by atoms with van der Waals surface area (Å²) in [6.45, 7) is 27.4. The summed E-state index contributed by atoms with van der Waals surface area (Å²) in [7, 11) is 0. The van der Waals surface area contributed by atoms with Crippen molar-refractivity contribution in [3.8, 4) is 11.6 Å². The number of pyridine rings is 2. The van der Waals surface area contributed by atoms with Crippen LogP contribution in [0.2, 0.25) is 0 Å². The number of rotatable bonds is 2. The predicted octanol–water partition coefficient (Wildman–Crippen LogP) is 13.0. The fourth-order valence-corrected chi connectivity index (χ4v) is 7.63. The van der Waals surface area contributed by atoms with Crippen molar-refractivity contribution in [2.24, 2.45) is 0 Å². The van der Waals surface area contributed by atoms with Gasteiger partial charge in [-0.2, -0.15) is 0 Å². The Morgan fingerprint density at radius 1 is 0.346 bits per heavy atom. The molecule has 0 radical (unpaired) electrons. The van der Waals surface area contributed by atoms with Gasteiger partial charge in [-0.15, -0.1) is 0 Å². The van der Waals surface area contributed by atoms with Gasteiger partial charge in [-0.25, -0.2) is 9.97 Å². The van der Waals surface area contributed by atoms with E-state index < -0.39 is 0 Å². The van der Waals surface area contributed by atoms with Crippen LogP contribution >= 0.6 is 0 Å². The molecule has 0 aliphatic rings. The fourth-order valence-electron chi connectivity index (χ4n) is 7.63. The largest absolute Gasteiger partial charge is 0.294 e. The number of benzene rings is 4. The smallest absolute Gasteiger partial charge is 0.163 e. The molecule has 0 amide bonds. The number of aromatic nitrogens is 4. The van der Waals surface area contributed by atoms with E-state index in [2.05, 4.69) is 189 Å². The first kappa shape index (κ1) is 34.1. The van der Waals surface area contributed by atoms with Gasteiger partial charge in [0.05, 0.1) is 22.1 Å². The quantitative estimate of drug-likeness (QED) is 0.182. The first-order valence-electron chi connectivity index (χ1n) is 18.8. The standard InChI is InChI=1S/C48H52N4/c1-45(2,3)30-15-19-38-34(25-30)35-26-31(46(4,5)6)16-20-39(35)51(38)42-23-13-29-14-24-43(50-44(29)49-42)52-40-21-17-32(47(7,8)9)27-36(40)37-28-33(48(10,11)12)18-22-41(37)52/h13-28H,1-12H3. The summed E-state index contributed by atoms with van der Waals surface area (Å²) in [6.07, 6.45) is 0.